The van der Waals surface area contributed by atoms with Crippen LogP contribution in [0.15, 0.2) is 47.5 Å². The van der Waals surface area contributed by atoms with Gasteiger partial charge in [0.1, 0.15) is 11.7 Å². The molecule has 3 aliphatic rings. The number of hydrogen-bond donors (Lipinski definition) is 2. The van der Waals surface area contributed by atoms with E-state index in [2.05, 4.69) is 38.3 Å². The zero-order valence-electron chi connectivity index (χ0n) is 23.4. The Morgan fingerprint density at radius 1 is 1.07 bits per heavy atom. The van der Waals surface area contributed by atoms with E-state index in [4.69, 9.17) is 4.74 Å². The Balaban J connectivity index is 1.38. The van der Waals surface area contributed by atoms with Crippen molar-refractivity contribution >= 4 is 23.3 Å². The Hall–Kier alpha value is -3.14. The Labute approximate surface area is 235 Å². The SMILES string of the molecule is CC(C)(CO)NC(=O)C1CCC(N2C(=NC(=O)c3ccc(F)cc3)Cc3ccc(CN4CCOCC4)cc32)CC1. The molecule has 2 fully saturated rings. The summed E-state index contributed by atoms with van der Waals surface area (Å²) in [7, 11) is 0. The van der Waals surface area contributed by atoms with Gasteiger partial charge in [0.2, 0.25) is 5.91 Å². The number of fused-ring (bicyclic) bond motifs is 1. The van der Waals surface area contributed by atoms with Gasteiger partial charge < -0.3 is 20.1 Å². The lowest BCUT2D eigenvalue weighted by atomic mass is 9.84. The lowest BCUT2D eigenvalue weighted by Crippen LogP contribution is -2.50. The van der Waals surface area contributed by atoms with Gasteiger partial charge in [0.25, 0.3) is 5.91 Å². The number of carbonyl (C=O) groups is 2. The molecule has 2 aliphatic heterocycles. The van der Waals surface area contributed by atoms with Gasteiger partial charge in [-0.3, -0.25) is 14.5 Å². The van der Waals surface area contributed by atoms with E-state index in [9.17, 15) is 19.1 Å². The van der Waals surface area contributed by atoms with Crippen molar-refractivity contribution in [3.05, 3.63) is 65.0 Å². The molecule has 2 amide bonds. The summed E-state index contributed by atoms with van der Waals surface area (Å²) < 4.78 is 18.9. The van der Waals surface area contributed by atoms with Gasteiger partial charge in [0, 0.05) is 49.3 Å². The molecule has 0 atom stereocenters. The molecule has 0 unspecified atom stereocenters. The number of hydrogen-bond acceptors (Lipinski definition) is 5. The number of carbonyl (C=O) groups excluding carboxylic acids is 2. The minimum atomic E-state index is -0.654. The van der Waals surface area contributed by atoms with Crippen LogP contribution in [0, 0.1) is 11.7 Å². The van der Waals surface area contributed by atoms with Gasteiger partial charge in [-0.15, -0.1) is 0 Å². The van der Waals surface area contributed by atoms with E-state index in [0.717, 1.165) is 69.8 Å². The molecule has 0 spiro atoms. The average Bonchev–Trinajstić information content (AvgIpc) is 3.30. The molecule has 2 heterocycles. The maximum Gasteiger partial charge on any atom is 0.278 e. The largest absolute Gasteiger partial charge is 0.394 e. The summed E-state index contributed by atoms with van der Waals surface area (Å²) in [5, 5.41) is 12.5. The number of amidine groups is 1. The second-order valence-corrected chi connectivity index (χ2v) is 11.8. The number of aliphatic hydroxyl groups excluding tert-OH is 1. The van der Waals surface area contributed by atoms with Crippen LogP contribution < -0.4 is 10.2 Å². The van der Waals surface area contributed by atoms with Gasteiger partial charge in [-0.25, -0.2) is 4.39 Å². The molecule has 1 saturated heterocycles. The highest BCUT2D eigenvalue weighted by molar-refractivity contribution is 6.12. The highest BCUT2D eigenvalue weighted by atomic mass is 19.1. The van der Waals surface area contributed by atoms with Gasteiger partial charge in [-0.2, -0.15) is 4.99 Å². The smallest absolute Gasteiger partial charge is 0.278 e. The lowest BCUT2D eigenvalue weighted by Gasteiger charge is -2.37. The molecule has 0 aromatic heterocycles. The van der Waals surface area contributed by atoms with Crippen LogP contribution in [0.1, 0.15) is 61.0 Å². The molecule has 5 rings (SSSR count). The van der Waals surface area contributed by atoms with Crippen molar-refractivity contribution in [1.29, 1.82) is 0 Å². The second kappa shape index (κ2) is 12.2. The van der Waals surface area contributed by atoms with Crippen LogP contribution in [-0.2, 0) is 22.5 Å². The minimum Gasteiger partial charge on any atom is -0.394 e. The van der Waals surface area contributed by atoms with Crippen LogP contribution in [0.5, 0.6) is 0 Å². The summed E-state index contributed by atoms with van der Waals surface area (Å²) >= 11 is 0. The number of halogens is 1. The van der Waals surface area contributed by atoms with E-state index in [-0.39, 0.29) is 30.4 Å². The fraction of sp³-hybridized carbons (Fsp3) is 0.516. The number of aliphatic hydroxyl groups is 1. The number of rotatable bonds is 7. The fourth-order valence-electron chi connectivity index (χ4n) is 5.84. The number of amides is 2. The molecule has 40 heavy (non-hydrogen) atoms. The molecule has 2 aromatic carbocycles. The predicted molar refractivity (Wildman–Crippen MR) is 152 cm³/mol. The molecule has 214 valence electrons. The number of anilines is 1. The normalized spacial score (nSPS) is 22.8. The Kier molecular flexibility index (Phi) is 8.63. The summed E-state index contributed by atoms with van der Waals surface area (Å²) in [5.41, 5.74) is 3.10. The van der Waals surface area contributed by atoms with Crippen molar-refractivity contribution < 1.29 is 23.8 Å². The Bertz CT molecular complexity index is 1250. The molecule has 9 heteroatoms. The number of benzene rings is 2. The quantitative estimate of drug-likeness (QED) is 0.546. The fourth-order valence-corrected chi connectivity index (χ4v) is 5.84. The number of aliphatic imine (C=N–C) groups is 1. The number of nitrogens with one attached hydrogen (secondary N) is 1. The molecular formula is C31H39FN4O4. The standard InChI is InChI=1S/C31H39FN4O4/c1-31(2,20-37)34-30(39)23-7-11-26(12-8-23)36-27-17-21(19-35-13-15-40-16-14-35)3-4-24(27)18-28(36)33-29(38)22-5-9-25(32)10-6-22/h3-6,9-10,17,23,26,37H,7-8,11-16,18-20H2,1-2H3,(H,34,39). The molecule has 2 N–H and O–H groups in total. The van der Waals surface area contributed by atoms with E-state index in [1.165, 1.54) is 29.8 Å². The van der Waals surface area contributed by atoms with Crippen molar-refractivity contribution in [2.75, 3.05) is 37.8 Å². The van der Waals surface area contributed by atoms with Gasteiger partial charge in [-0.05, 0) is 81.0 Å². The monoisotopic (exact) mass is 550 g/mol. The third-order valence-corrected chi connectivity index (χ3v) is 8.16. The van der Waals surface area contributed by atoms with Crippen molar-refractivity contribution in [1.82, 2.24) is 10.2 Å². The summed E-state index contributed by atoms with van der Waals surface area (Å²) in [6.45, 7) is 7.63. The zero-order chi connectivity index (χ0) is 28.3. The zero-order valence-corrected chi connectivity index (χ0v) is 23.4. The van der Waals surface area contributed by atoms with Crippen molar-refractivity contribution in [2.45, 2.75) is 64.1 Å². The van der Waals surface area contributed by atoms with E-state index in [1.807, 2.05) is 13.8 Å². The van der Waals surface area contributed by atoms with Gasteiger partial charge in [0.15, 0.2) is 0 Å². The van der Waals surface area contributed by atoms with Crippen LogP contribution in [-0.4, -0.2) is 72.1 Å². The number of ether oxygens (including phenoxy) is 1. The Morgan fingerprint density at radius 2 is 1.77 bits per heavy atom. The third kappa shape index (κ3) is 6.59. The van der Waals surface area contributed by atoms with Crippen LogP contribution in [0.25, 0.3) is 0 Å². The van der Waals surface area contributed by atoms with Gasteiger partial charge in [0.05, 0.1) is 25.4 Å². The van der Waals surface area contributed by atoms with E-state index < -0.39 is 11.4 Å². The molecule has 1 aliphatic carbocycles. The molecule has 0 bridgehead atoms. The maximum atomic E-state index is 13.4. The van der Waals surface area contributed by atoms with Crippen LogP contribution in [0.3, 0.4) is 0 Å². The topological polar surface area (TPSA) is 94.5 Å². The maximum absolute atomic E-state index is 13.4. The first kappa shape index (κ1) is 28.4. The first-order chi connectivity index (χ1) is 19.2. The van der Waals surface area contributed by atoms with Crippen LogP contribution in [0.2, 0.25) is 0 Å². The summed E-state index contributed by atoms with van der Waals surface area (Å²) in [6, 6.07) is 12.1. The third-order valence-electron chi connectivity index (χ3n) is 8.16. The lowest BCUT2D eigenvalue weighted by molar-refractivity contribution is -0.128. The highest BCUT2D eigenvalue weighted by Crippen LogP contribution is 2.38. The van der Waals surface area contributed by atoms with E-state index >= 15 is 0 Å². The van der Waals surface area contributed by atoms with Crippen molar-refractivity contribution in [3.8, 4) is 0 Å². The molecule has 2 aromatic rings. The summed E-state index contributed by atoms with van der Waals surface area (Å²) in [4.78, 5) is 35.1. The molecular weight excluding hydrogens is 511 g/mol. The Morgan fingerprint density at radius 3 is 2.45 bits per heavy atom. The molecule has 1 saturated carbocycles. The molecule has 8 nitrogen and oxygen atoms in total. The highest BCUT2D eigenvalue weighted by Gasteiger charge is 2.37. The summed E-state index contributed by atoms with van der Waals surface area (Å²) in [5.74, 6) is -0.219. The number of morpholine rings is 1. The minimum absolute atomic E-state index is 0.0208. The van der Waals surface area contributed by atoms with Crippen molar-refractivity contribution in [2.24, 2.45) is 10.9 Å². The second-order valence-electron chi connectivity index (χ2n) is 11.8. The predicted octanol–water partition coefficient (Wildman–Crippen LogP) is 3.71. The van der Waals surface area contributed by atoms with Crippen molar-refractivity contribution in [3.63, 3.8) is 0 Å². The van der Waals surface area contributed by atoms with Crippen LogP contribution >= 0.6 is 0 Å². The molecule has 0 radical (unpaired) electrons. The van der Waals surface area contributed by atoms with E-state index in [0.29, 0.717) is 17.8 Å². The first-order valence-corrected chi connectivity index (χ1v) is 14.2. The van der Waals surface area contributed by atoms with Gasteiger partial charge in [-0.1, -0.05) is 12.1 Å². The summed E-state index contributed by atoms with van der Waals surface area (Å²) in [6.07, 6.45) is 3.56. The van der Waals surface area contributed by atoms with E-state index in [1.54, 1.807) is 0 Å². The number of nitrogens with zero attached hydrogens (tertiary/aromatic N) is 3. The first-order valence-electron chi connectivity index (χ1n) is 14.2. The van der Waals surface area contributed by atoms with Gasteiger partial charge >= 0.3 is 0 Å². The average molecular weight is 551 g/mol. The van der Waals surface area contributed by atoms with Crippen LogP contribution in [0.4, 0.5) is 10.1 Å².